The molecule has 1 N–H and O–H groups in total. The van der Waals surface area contributed by atoms with Gasteiger partial charge in [0, 0.05) is 11.1 Å². The molecule has 0 bridgehead atoms. The zero-order chi connectivity index (χ0) is 18.4. The van der Waals surface area contributed by atoms with Crippen molar-refractivity contribution in [1.29, 1.82) is 0 Å². The van der Waals surface area contributed by atoms with Gasteiger partial charge in [0.05, 0.1) is 5.69 Å². The van der Waals surface area contributed by atoms with Crippen LogP contribution >= 0.6 is 0 Å². The van der Waals surface area contributed by atoms with Crippen LogP contribution in [0.4, 0.5) is 14.9 Å². The van der Waals surface area contributed by atoms with Crippen LogP contribution in [0.25, 0.3) is 0 Å². The highest BCUT2D eigenvalue weighted by Gasteiger charge is 2.16. The summed E-state index contributed by atoms with van der Waals surface area (Å²) in [5.74, 6) is -0.948. The quantitative estimate of drug-likeness (QED) is 0.673. The highest BCUT2D eigenvalue weighted by Crippen LogP contribution is 2.21. The van der Waals surface area contributed by atoms with E-state index in [1.807, 2.05) is 30.3 Å². The minimum absolute atomic E-state index is 0.0628. The lowest BCUT2D eigenvalue weighted by Gasteiger charge is -2.11. The summed E-state index contributed by atoms with van der Waals surface area (Å²) in [6, 6.07) is 21.3. The molecule has 5 heteroatoms. The Morgan fingerprint density at radius 2 is 1.54 bits per heavy atom. The molecule has 0 saturated heterocycles. The molecular formula is C21H16FNO3. The molecule has 0 aliphatic rings. The number of nitrogens with one attached hydrogen (secondary N) is 1. The van der Waals surface area contributed by atoms with Gasteiger partial charge < -0.3 is 4.74 Å². The standard InChI is InChI=1S/C21H16FNO3/c22-17-11-12-19(18(13-17)20(24)16-9-5-2-6-10-16)23-21(25)26-14-15-7-3-1-4-8-15/h1-13H,14H2,(H,23,25). The molecule has 0 atom stereocenters. The molecule has 3 aromatic carbocycles. The number of halogens is 1. The van der Waals surface area contributed by atoms with Crippen molar-refractivity contribution in [2.45, 2.75) is 6.61 Å². The maximum atomic E-state index is 13.6. The van der Waals surface area contributed by atoms with Crippen molar-refractivity contribution in [2.24, 2.45) is 0 Å². The van der Waals surface area contributed by atoms with Crippen LogP contribution in [0.5, 0.6) is 0 Å². The Balaban J connectivity index is 1.75. The van der Waals surface area contributed by atoms with E-state index in [0.29, 0.717) is 5.56 Å². The van der Waals surface area contributed by atoms with Crippen LogP contribution in [0.1, 0.15) is 21.5 Å². The summed E-state index contributed by atoms with van der Waals surface area (Å²) >= 11 is 0. The topological polar surface area (TPSA) is 55.4 Å². The predicted octanol–water partition coefficient (Wildman–Crippen LogP) is 4.81. The second kappa shape index (κ2) is 8.07. The summed E-state index contributed by atoms with van der Waals surface area (Å²) in [7, 11) is 0. The molecule has 0 heterocycles. The first-order valence-corrected chi connectivity index (χ1v) is 8.00. The van der Waals surface area contributed by atoms with E-state index in [4.69, 9.17) is 4.74 Å². The number of carbonyl (C=O) groups is 2. The molecule has 3 rings (SSSR count). The van der Waals surface area contributed by atoms with Crippen LogP contribution in [0.15, 0.2) is 78.9 Å². The smallest absolute Gasteiger partial charge is 0.411 e. The van der Waals surface area contributed by atoms with E-state index in [9.17, 15) is 14.0 Å². The van der Waals surface area contributed by atoms with Gasteiger partial charge >= 0.3 is 6.09 Å². The second-order valence-corrected chi connectivity index (χ2v) is 5.57. The van der Waals surface area contributed by atoms with Gasteiger partial charge in [0.2, 0.25) is 0 Å². The minimum Gasteiger partial charge on any atom is -0.444 e. The molecule has 0 aromatic heterocycles. The van der Waals surface area contributed by atoms with Crippen molar-refractivity contribution in [3.05, 3.63) is 101 Å². The summed E-state index contributed by atoms with van der Waals surface area (Å²) in [6.45, 7) is 0.0931. The number of amides is 1. The molecule has 26 heavy (non-hydrogen) atoms. The second-order valence-electron chi connectivity index (χ2n) is 5.57. The minimum atomic E-state index is -0.720. The summed E-state index contributed by atoms with van der Waals surface area (Å²) in [5.41, 5.74) is 1.49. The van der Waals surface area contributed by atoms with Gasteiger partial charge in [-0.25, -0.2) is 9.18 Å². The fraction of sp³-hybridized carbons (Fsp3) is 0.0476. The SMILES string of the molecule is O=C(Nc1ccc(F)cc1C(=O)c1ccccc1)OCc1ccccc1. The first-order chi connectivity index (χ1) is 12.6. The molecule has 0 aliphatic heterocycles. The van der Waals surface area contributed by atoms with Gasteiger partial charge in [0.1, 0.15) is 12.4 Å². The Kier molecular flexibility index (Phi) is 5.39. The molecule has 0 saturated carbocycles. The van der Waals surface area contributed by atoms with Crippen molar-refractivity contribution in [3.8, 4) is 0 Å². The van der Waals surface area contributed by atoms with Crippen molar-refractivity contribution in [3.63, 3.8) is 0 Å². The zero-order valence-corrected chi connectivity index (χ0v) is 13.8. The zero-order valence-electron chi connectivity index (χ0n) is 13.8. The van der Waals surface area contributed by atoms with Crippen LogP contribution < -0.4 is 5.32 Å². The summed E-state index contributed by atoms with van der Waals surface area (Å²) in [6.07, 6.45) is -0.720. The molecule has 0 radical (unpaired) electrons. The average Bonchev–Trinajstić information content (AvgIpc) is 2.69. The Labute approximate surface area is 150 Å². The first kappa shape index (κ1) is 17.4. The van der Waals surface area contributed by atoms with Gasteiger partial charge in [-0.3, -0.25) is 10.1 Å². The van der Waals surface area contributed by atoms with E-state index in [1.54, 1.807) is 30.3 Å². The molecule has 3 aromatic rings. The largest absolute Gasteiger partial charge is 0.444 e. The van der Waals surface area contributed by atoms with Crippen molar-refractivity contribution in [2.75, 3.05) is 5.32 Å². The van der Waals surface area contributed by atoms with Gasteiger partial charge in [-0.15, -0.1) is 0 Å². The third-order valence-electron chi connectivity index (χ3n) is 3.71. The van der Waals surface area contributed by atoms with Gasteiger partial charge in [0.15, 0.2) is 5.78 Å². The van der Waals surface area contributed by atoms with E-state index >= 15 is 0 Å². The van der Waals surface area contributed by atoms with Crippen LogP contribution in [0, 0.1) is 5.82 Å². The number of ketones is 1. The number of anilines is 1. The van der Waals surface area contributed by atoms with Crippen LogP contribution in [-0.4, -0.2) is 11.9 Å². The number of benzene rings is 3. The fourth-order valence-electron chi connectivity index (χ4n) is 2.43. The lowest BCUT2D eigenvalue weighted by atomic mass is 10.0. The Morgan fingerprint density at radius 1 is 0.885 bits per heavy atom. The van der Waals surface area contributed by atoms with Crippen molar-refractivity contribution in [1.82, 2.24) is 0 Å². The van der Waals surface area contributed by atoms with Crippen molar-refractivity contribution < 1.29 is 18.7 Å². The van der Waals surface area contributed by atoms with E-state index in [0.717, 1.165) is 11.6 Å². The maximum absolute atomic E-state index is 13.6. The molecule has 130 valence electrons. The Hall–Kier alpha value is -3.47. The van der Waals surface area contributed by atoms with E-state index in [1.165, 1.54) is 12.1 Å². The Morgan fingerprint density at radius 3 is 2.23 bits per heavy atom. The molecule has 4 nitrogen and oxygen atoms in total. The molecule has 0 aliphatic carbocycles. The van der Waals surface area contributed by atoms with Gasteiger partial charge in [-0.2, -0.15) is 0 Å². The summed E-state index contributed by atoms with van der Waals surface area (Å²) in [4.78, 5) is 24.7. The monoisotopic (exact) mass is 349 g/mol. The van der Waals surface area contributed by atoms with Crippen LogP contribution in [0.2, 0.25) is 0 Å². The molecular weight excluding hydrogens is 333 g/mol. The molecule has 1 amide bonds. The van der Waals surface area contributed by atoms with Gasteiger partial charge in [0.25, 0.3) is 0 Å². The highest BCUT2D eigenvalue weighted by molar-refractivity contribution is 6.13. The third-order valence-corrected chi connectivity index (χ3v) is 3.71. The highest BCUT2D eigenvalue weighted by atomic mass is 19.1. The maximum Gasteiger partial charge on any atom is 0.411 e. The fourth-order valence-corrected chi connectivity index (χ4v) is 2.43. The number of rotatable bonds is 5. The number of hydrogen-bond acceptors (Lipinski definition) is 3. The number of hydrogen-bond donors (Lipinski definition) is 1. The lowest BCUT2D eigenvalue weighted by molar-refractivity contribution is 0.103. The molecule has 0 fully saturated rings. The van der Waals surface area contributed by atoms with Crippen molar-refractivity contribution >= 4 is 17.6 Å². The number of ether oxygens (including phenoxy) is 1. The molecule has 0 spiro atoms. The number of carbonyl (C=O) groups excluding carboxylic acids is 2. The summed E-state index contributed by atoms with van der Waals surface area (Å²) in [5, 5.41) is 2.51. The summed E-state index contributed by atoms with van der Waals surface area (Å²) < 4.78 is 18.8. The van der Waals surface area contributed by atoms with E-state index in [-0.39, 0.29) is 23.6 Å². The van der Waals surface area contributed by atoms with Crippen LogP contribution in [-0.2, 0) is 11.3 Å². The molecule has 0 unspecified atom stereocenters. The average molecular weight is 349 g/mol. The van der Waals surface area contributed by atoms with Crippen LogP contribution in [0.3, 0.4) is 0 Å². The van der Waals surface area contributed by atoms with Gasteiger partial charge in [-0.05, 0) is 23.8 Å². The van der Waals surface area contributed by atoms with Gasteiger partial charge in [-0.1, -0.05) is 60.7 Å². The Bertz CT molecular complexity index is 911. The lowest BCUT2D eigenvalue weighted by Crippen LogP contribution is -2.16. The third kappa shape index (κ3) is 4.33. The normalized spacial score (nSPS) is 10.2. The van der Waals surface area contributed by atoms with E-state index < -0.39 is 11.9 Å². The first-order valence-electron chi connectivity index (χ1n) is 8.00. The van der Waals surface area contributed by atoms with E-state index in [2.05, 4.69) is 5.32 Å². The predicted molar refractivity (Wildman–Crippen MR) is 96.5 cm³/mol.